The smallest absolute Gasteiger partial charge is 0.494 e. The number of aryl methyl sites for hydroxylation is 1. The van der Waals surface area contributed by atoms with Gasteiger partial charge >= 0.3 is 6.16 Å². The van der Waals surface area contributed by atoms with Crippen molar-refractivity contribution in [2.75, 3.05) is 55.9 Å². The number of halogens is 2. The first-order valence-electron chi connectivity index (χ1n) is 14.3. The molecule has 1 unspecified atom stereocenters. The van der Waals surface area contributed by atoms with Gasteiger partial charge in [0.25, 0.3) is 0 Å². The molecule has 4 rings (SSSR count). The van der Waals surface area contributed by atoms with Gasteiger partial charge in [0.15, 0.2) is 6.73 Å². The molecule has 1 fully saturated rings. The Hall–Kier alpha value is -2.68. The van der Waals surface area contributed by atoms with Crippen LogP contribution >= 0.6 is 23.2 Å². The van der Waals surface area contributed by atoms with Crippen molar-refractivity contribution >= 4 is 46.6 Å². The third-order valence-electron chi connectivity index (χ3n) is 7.84. The number of hydrogen-bond acceptors (Lipinski definition) is 7. The van der Waals surface area contributed by atoms with E-state index in [0.29, 0.717) is 40.9 Å². The molecule has 2 aromatic carbocycles. The zero-order valence-electron chi connectivity index (χ0n) is 24.5. The Bertz CT molecular complexity index is 1210. The second-order valence-corrected chi connectivity index (χ2v) is 12.5. The van der Waals surface area contributed by atoms with Crippen LogP contribution in [0.2, 0.25) is 10.0 Å². The van der Waals surface area contributed by atoms with Gasteiger partial charge in [0.1, 0.15) is 11.9 Å². The normalized spacial score (nSPS) is 16.8. The van der Waals surface area contributed by atoms with Crippen molar-refractivity contribution in [3.8, 4) is 5.75 Å². The predicted molar refractivity (Wildman–Crippen MR) is 163 cm³/mol. The Morgan fingerprint density at radius 1 is 1.00 bits per heavy atom. The van der Waals surface area contributed by atoms with Gasteiger partial charge in [-0.2, -0.15) is 0 Å². The summed E-state index contributed by atoms with van der Waals surface area (Å²) >= 11 is 12.6. The molecule has 0 spiro atoms. The van der Waals surface area contributed by atoms with Gasteiger partial charge in [0.2, 0.25) is 5.91 Å². The summed E-state index contributed by atoms with van der Waals surface area (Å²) in [6.07, 6.45) is 1.85. The molecule has 0 aromatic heterocycles. The number of carbonyl (C=O) groups is 2. The minimum Gasteiger partial charge on any atom is -0.494 e. The van der Waals surface area contributed by atoms with Crippen LogP contribution < -0.4 is 14.5 Å². The van der Waals surface area contributed by atoms with E-state index >= 15 is 0 Å². The summed E-state index contributed by atoms with van der Waals surface area (Å²) in [4.78, 5) is 31.2. The summed E-state index contributed by atoms with van der Waals surface area (Å²) in [6.45, 7) is 13.0. The average Bonchev–Trinajstić information content (AvgIpc) is 2.93. The second kappa shape index (κ2) is 14.0. The predicted octanol–water partition coefficient (Wildman–Crippen LogP) is 6.80. The van der Waals surface area contributed by atoms with E-state index in [-0.39, 0.29) is 24.2 Å². The van der Waals surface area contributed by atoms with Crippen LogP contribution in [0.25, 0.3) is 0 Å². The number of ether oxygens (including phenoxy) is 3. The number of amides is 1. The van der Waals surface area contributed by atoms with Gasteiger partial charge < -0.3 is 19.1 Å². The van der Waals surface area contributed by atoms with Gasteiger partial charge in [-0.05, 0) is 61.9 Å². The van der Waals surface area contributed by atoms with E-state index in [9.17, 15) is 9.59 Å². The molecule has 10 heteroatoms. The van der Waals surface area contributed by atoms with Crippen molar-refractivity contribution < 1.29 is 23.8 Å². The van der Waals surface area contributed by atoms with Crippen LogP contribution in [0.5, 0.6) is 5.75 Å². The maximum atomic E-state index is 12.7. The lowest BCUT2D eigenvalue weighted by Crippen LogP contribution is -2.46. The number of carbonyl (C=O) groups excluding carboxylic acids is 2. The summed E-state index contributed by atoms with van der Waals surface area (Å²) in [5, 5.41) is 1.21. The number of unbranched alkanes of at least 4 members (excludes halogenated alkanes) is 1. The van der Waals surface area contributed by atoms with Crippen molar-refractivity contribution in [2.24, 2.45) is 5.41 Å². The number of hydrogen-bond donors (Lipinski definition) is 0. The Labute approximate surface area is 253 Å². The van der Waals surface area contributed by atoms with Gasteiger partial charge in [0.05, 0.1) is 28.0 Å². The molecule has 8 nitrogen and oxygen atoms in total. The third kappa shape index (κ3) is 8.43. The number of rotatable bonds is 10. The van der Waals surface area contributed by atoms with Gasteiger partial charge in [-0.3, -0.25) is 14.6 Å². The van der Waals surface area contributed by atoms with E-state index in [2.05, 4.69) is 9.80 Å². The van der Waals surface area contributed by atoms with Crippen LogP contribution in [-0.4, -0.2) is 69.1 Å². The van der Waals surface area contributed by atoms with Gasteiger partial charge in [-0.1, -0.05) is 56.1 Å². The number of benzene rings is 2. The molecular weight excluding hydrogens is 565 g/mol. The molecule has 1 saturated heterocycles. The summed E-state index contributed by atoms with van der Waals surface area (Å²) in [5.74, 6) is 0.600. The lowest BCUT2D eigenvalue weighted by atomic mass is 9.90. The first-order chi connectivity index (χ1) is 19.5. The molecule has 1 atom stereocenters. The molecule has 0 bridgehead atoms. The zero-order chi connectivity index (χ0) is 29.6. The maximum Gasteiger partial charge on any atom is 0.510 e. The first kappa shape index (κ1) is 31.3. The molecule has 2 heterocycles. The molecule has 0 radical (unpaired) electrons. The number of piperazine rings is 1. The molecule has 2 aromatic rings. The lowest BCUT2D eigenvalue weighted by Gasteiger charge is -2.36. The molecule has 2 aliphatic rings. The van der Waals surface area contributed by atoms with E-state index in [1.807, 2.05) is 64.1 Å². The van der Waals surface area contributed by atoms with E-state index in [1.165, 1.54) is 4.90 Å². The highest BCUT2D eigenvalue weighted by Crippen LogP contribution is 2.34. The van der Waals surface area contributed by atoms with Crippen LogP contribution in [0, 0.1) is 5.41 Å². The second-order valence-electron chi connectivity index (χ2n) is 11.7. The standard InChI is InChI=1S/C31H41Cl2N3O5/c1-22(31(2,3)4)41-30(38)40-21-36-27-20-24(12-10-23(27)11-13-28(36)37)39-19-6-5-14-34-15-17-35(18-16-34)26-9-7-8-25(32)29(26)33/h7-10,12,20,22H,5-6,11,13-19,21H2,1-4H3. The van der Waals surface area contributed by atoms with Crippen LogP contribution in [0.3, 0.4) is 0 Å². The highest BCUT2D eigenvalue weighted by atomic mass is 35.5. The minimum atomic E-state index is -0.783. The number of fused-ring (bicyclic) bond motifs is 1. The van der Waals surface area contributed by atoms with Crippen molar-refractivity contribution in [3.63, 3.8) is 0 Å². The van der Waals surface area contributed by atoms with Crippen LogP contribution in [0.15, 0.2) is 36.4 Å². The SMILES string of the molecule is CC(OC(=O)OCN1C(=O)CCc2ccc(OCCCCN3CCN(c4cccc(Cl)c4Cl)CC3)cc21)C(C)(C)C. The van der Waals surface area contributed by atoms with Crippen LogP contribution in [-0.2, 0) is 20.7 Å². The fraction of sp³-hybridized carbons (Fsp3) is 0.548. The van der Waals surface area contributed by atoms with Gasteiger partial charge in [-0.15, -0.1) is 0 Å². The van der Waals surface area contributed by atoms with Crippen LogP contribution in [0.4, 0.5) is 16.2 Å². The molecule has 1 amide bonds. The molecular formula is C31H41Cl2N3O5. The third-order valence-corrected chi connectivity index (χ3v) is 8.65. The largest absolute Gasteiger partial charge is 0.510 e. The molecule has 0 aliphatic carbocycles. The van der Waals surface area contributed by atoms with E-state index in [0.717, 1.165) is 56.8 Å². The Morgan fingerprint density at radius 2 is 1.76 bits per heavy atom. The quantitative estimate of drug-likeness (QED) is 0.218. The first-order valence-corrected chi connectivity index (χ1v) is 15.1. The van der Waals surface area contributed by atoms with E-state index < -0.39 is 6.16 Å². The average molecular weight is 607 g/mol. The summed E-state index contributed by atoms with van der Waals surface area (Å²) in [5.41, 5.74) is 2.53. The monoisotopic (exact) mass is 605 g/mol. The topological polar surface area (TPSA) is 71.5 Å². The zero-order valence-corrected chi connectivity index (χ0v) is 26.0. The number of nitrogens with zero attached hydrogens (tertiary/aromatic N) is 3. The van der Waals surface area contributed by atoms with E-state index in [1.54, 1.807) is 0 Å². The van der Waals surface area contributed by atoms with Crippen LogP contribution in [0.1, 0.15) is 52.5 Å². The molecule has 224 valence electrons. The van der Waals surface area contributed by atoms with Crippen molar-refractivity contribution in [1.82, 2.24) is 4.90 Å². The van der Waals surface area contributed by atoms with Crippen molar-refractivity contribution in [1.29, 1.82) is 0 Å². The van der Waals surface area contributed by atoms with E-state index in [4.69, 9.17) is 37.4 Å². The summed E-state index contributed by atoms with van der Waals surface area (Å²) < 4.78 is 16.7. The number of anilines is 2. The molecule has 41 heavy (non-hydrogen) atoms. The molecule has 2 aliphatic heterocycles. The van der Waals surface area contributed by atoms with Gasteiger partial charge in [0, 0.05) is 38.7 Å². The summed E-state index contributed by atoms with van der Waals surface area (Å²) in [7, 11) is 0. The van der Waals surface area contributed by atoms with Crippen molar-refractivity contribution in [2.45, 2.75) is 59.5 Å². The van der Waals surface area contributed by atoms with Crippen molar-refractivity contribution in [3.05, 3.63) is 52.0 Å². The minimum absolute atomic E-state index is 0.0935. The lowest BCUT2D eigenvalue weighted by molar-refractivity contribution is -0.119. The Balaban J connectivity index is 1.21. The highest BCUT2D eigenvalue weighted by Gasteiger charge is 2.28. The Kier molecular flexibility index (Phi) is 10.7. The highest BCUT2D eigenvalue weighted by molar-refractivity contribution is 6.43. The molecule has 0 saturated carbocycles. The van der Waals surface area contributed by atoms with Gasteiger partial charge in [-0.25, -0.2) is 4.79 Å². The maximum absolute atomic E-state index is 12.7. The Morgan fingerprint density at radius 3 is 2.49 bits per heavy atom. The fourth-order valence-electron chi connectivity index (χ4n) is 4.80. The molecule has 0 N–H and O–H groups in total. The fourth-order valence-corrected chi connectivity index (χ4v) is 5.21. The summed E-state index contributed by atoms with van der Waals surface area (Å²) in [6, 6.07) is 11.6.